The fourth-order valence-corrected chi connectivity index (χ4v) is 3.05. The Morgan fingerprint density at radius 1 is 1.32 bits per heavy atom. The quantitative estimate of drug-likeness (QED) is 0.830. The number of sulfonamides is 1. The van der Waals surface area contributed by atoms with Crippen molar-refractivity contribution in [3.05, 3.63) is 24.3 Å². The lowest BCUT2D eigenvalue weighted by Gasteiger charge is -2.23. The Labute approximate surface area is 115 Å². The zero-order chi connectivity index (χ0) is 14.5. The van der Waals surface area contributed by atoms with Crippen LogP contribution in [0.3, 0.4) is 0 Å². The van der Waals surface area contributed by atoms with Gasteiger partial charge < -0.3 is 10.1 Å². The molecule has 0 aromatic heterocycles. The third-order valence-corrected chi connectivity index (χ3v) is 4.93. The molecule has 19 heavy (non-hydrogen) atoms. The molecule has 0 saturated heterocycles. The van der Waals surface area contributed by atoms with Crippen LogP contribution in [-0.2, 0) is 14.8 Å². The first-order valence-electron chi connectivity index (χ1n) is 6.24. The van der Waals surface area contributed by atoms with Crippen molar-refractivity contribution in [1.29, 1.82) is 0 Å². The Bertz CT molecular complexity index is 485. The second-order valence-corrected chi connectivity index (χ2v) is 6.38. The van der Waals surface area contributed by atoms with E-state index < -0.39 is 10.0 Å². The van der Waals surface area contributed by atoms with Gasteiger partial charge in [0.25, 0.3) is 0 Å². The lowest BCUT2D eigenvalue weighted by atomic mass is 10.3. The van der Waals surface area contributed by atoms with Crippen LogP contribution in [0, 0.1) is 0 Å². The van der Waals surface area contributed by atoms with Crippen molar-refractivity contribution in [3.8, 4) is 0 Å². The van der Waals surface area contributed by atoms with Gasteiger partial charge in [0.1, 0.15) is 0 Å². The minimum Gasteiger partial charge on any atom is -0.385 e. The maximum atomic E-state index is 12.4. The maximum Gasteiger partial charge on any atom is 0.243 e. The fraction of sp³-hybridized carbons (Fsp3) is 0.538. The van der Waals surface area contributed by atoms with Gasteiger partial charge in [-0.15, -0.1) is 0 Å². The highest BCUT2D eigenvalue weighted by Gasteiger charge is 2.25. The van der Waals surface area contributed by atoms with Crippen molar-refractivity contribution < 1.29 is 13.2 Å². The summed E-state index contributed by atoms with van der Waals surface area (Å²) in [6.45, 7) is 4.97. The molecule has 0 radical (unpaired) electrons. The van der Waals surface area contributed by atoms with E-state index in [9.17, 15) is 8.42 Å². The molecule has 0 aliphatic heterocycles. The summed E-state index contributed by atoms with van der Waals surface area (Å²) in [5, 5.41) is 3.13. The van der Waals surface area contributed by atoms with Gasteiger partial charge in [0.15, 0.2) is 0 Å². The average molecular weight is 286 g/mol. The fourth-order valence-electron chi connectivity index (χ4n) is 1.70. The molecule has 1 rings (SSSR count). The molecule has 1 atom stereocenters. The lowest BCUT2D eigenvalue weighted by Crippen LogP contribution is -2.37. The summed E-state index contributed by atoms with van der Waals surface area (Å²) in [5.74, 6) is 0. The summed E-state index contributed by atoms with van der Waals surface area (Å²) < 4.78 is 31.1. The summed E-state index contributed by atoms with van der Waals surface area (Å²) in [4.78, 5) is 0.291. The van der Waals surface area contributed by atoms with Crippen LogP contribution in [0.1, 0.15) is 13.8 Å². The summed E-state index contributed by atoms with van der Waals surface area (Å²) in [7, 11) is -0.342. The highest BCUT2D eigenvalue weighted by atomic mass is 32.2. The zero-order valence-corrected chi connectivity index (χ0v) is 12.7. The highest BCUT2D eigenvalue weighted by molar-refractivity contribution is 7.89. The molecule has 108 valence electrons. The lowest BCUT2D eigenvalue weighted by molar-refractivity contribution is 0.149. The largest absolute Gasteiger partial charge is 0.385 e. The van der Waals surface area contributed by atoms with E-state index in [0.29, 0.717) is 11.5 Å². The molecule has 0 heterocycles. The highest BCUT2D eigenvalue weighted by Crippen LogP contribution is 2.19. The normalized spacial score (nSPS) is 13.5. The topological polar surface area (TPSA) is 58.6 Å². The number of hydrogen-bond donors (Lipinski definition) is 1. The first kappa shape index (κ1) is 15.9. The number of nitrogens with one attached hydrogen (secondary N) is 1. The number of anilines is 1. The SMILES string of the molecule is CCNc1ccc(S(=O)(=O)N(C)C(C)COC)cc1. The molecular weight excluding hydrogens is 264 g/mol. The number of ether oxygens (including phenoxy) is 1. The smallest absolute Gasteiger partial charge is 0.243 e. The molecule has 0 fully saturated rings. The van der Waals surface area contributed by atoms with E-state index in [2.05, 4.69) is 5.32 Å². The Morgan fingerprint density at radius 3 is 2.37 bits per heavy atom. The van der Waals surface area contributed by atoms with Crippen LogP contribution in [0.5, 0.6) is 0 Å². The molecule has 1 unspecified atom stereocenters. The predicted octanol–water partition coefficient (Wildman–Crippen LogP) is 1.77. The van der Waals surface area contributed by atoms with Crippen molar-refractivity contribution in [2.75, 3.05) is 32.6 Å². The number of benzene rings is 1. The molecule has 0 aliphatic carbocycles. The molecule has 1 N–H and O–H groups in total. The Morgan fingerprint density at radius 2 is 1.89 bits per heavy atom. The van der Waals surface area contributed by atoms with Gasteiger partial charge in [0.05, 0.1) is 11.5 Å². The maximum absolute atomic E-state index is 12.4. The standard InChI is InChI=1S/C13H22N2O3S/c1-5-14-12-6-8-13(9-7-12)19(16,17)15(3)11(2)10-18-4/h6-9,11,14H,5,10H2,1-4H3. The van der Waals surface area contributed by atoms with Crippen LogP contribution in [0.2, 0.25) is 0 Å². The number of rotatable bonds is 7. The average Bonchev–Trinajstić information content (AvgIpc) is 2.39. The van der Waals surface area contributed by atoms with Gasteiger partial charge in [-0.3, -0.25) is 0 Å². The minimum atomic E-state index is -3.47. The number of hydrogen-bond acceptors (Lipinski definition) is 4. The number of methoxy groups -OCH3 is 1. The van der Waals surface area contributed by atoms with E-state index in [1.165, 1.54) is 4.31 Å². The first-order chi connectivity index (χ1) is 8.93. The van der Waals surface area contributed by atoms with Gasteiger partial charge in [0, 0.05) is 32.4 Å². The molecule has 0 spiro atoms. The van der Waals surface area contributed by atoms with E-state index in [0.717, 1.165) is 12.2 Å². The molecule has 6 heteroatoms. The number of likely N-dealkylation sites (N-methyl/N-ethyl adjacent to an activating group) is 1. The summed E-state index contributed by atoms with van der Waals surface area (Å²) in [6, 6.07) is 6.56. The Kier molecular flexibility index (Phi) is 5.78. The van der Waals surface area contributed by atoms with Crippen molar-refractivity contribution in [2.24, 2.45) is 0 Å². The molecule has 5 nitrogen and oxygen atoms in total. The van der Waals surface area contributed by atoms with Crippen LogP contribution in [0.4, 0.5) is 5.69 Å². The van der Waals surface area contributed by atoms with Gasteiger partial charge in [0.2, 0.25) is 10.0 Å². The van der Waals surface area contributed by atoms with E-state index >= 15 is 0 Å². The van der Waals surface area contributed by atoms with Crippen LogP contribution in [0.15, 0.2) is 29.2 Å². The summed E-state index contributed by atoms with van der Waals surface area (Å²) in [5.41, 5.74) is 0.911. The molecule has 1 aromatic rings. The number of nitrogens with zero attached hydrogens (tertiary/aromatic N) is 1. The van der Waals surface area contributed by atoms with Gasteiger partial charge in [-0.25, -0.2) is 8.42 Å². The van der Waals surface area contributed by atoms with E-state index in [4.69, 9.17) is 4.74 Å². The first-order valence-corrected chi connectivity index (χ1v) is 7.68. The summed E-state index contributed by atoms with van der Waals surface area (Å²) >= 11 is 0. The second kappa shape index (κ2) is 6.88. The van der Waals surface area contributed by atoms with Gasteiger partial charge in [-0.1, -0.05) is 0 Å². The van der Waals surface area contributed by atoms with Gasteiger partial charge in [-0.2, -0.15) is 4.31 Å². The van der Waals surface area contributed by atoms with Gasteiger partial charge in [-0.05, 0) is 38.1 Å². The van der Waals surface area contributed by atoms with Crippen LogP contribution < -0.4 is 5.32 Å². The molecule has 0 saturated carbocycles. The van der Waals surface area contributed by atoms with E-state index in [1.54, 1.807) is 38.4 Å². The predicted molar refractivity (Wildman–Crippen MR) is 76.9 cm³/mol. The van der Waals surface area contributed by atoms with Gasteiger partial charge >= 0.3 is 0 Å². The van der Waals surface area contributed by atoms with Crippen molar-refractivity contribution in [2.45, 2.75) is 24.8 Å². The van der Waals surface area contributed by atoms with Crippen molar-refractivity contribution >= 4 is 15.7 Å². The molecule has 0 aliphatic rings. The third-order valence-electron chi connectivity index (χ3n) is 2.94. The summed E-state index contributed by atoms with van der Waals surface area (Å²) in [6.07, 6.45) is 0. The Hall–Kier alpha value is -1.11. The van der Waals surface area contributed by atoms with Crippen LogP contribution in [0.25, 0.3) is 0 Å². The van der Waals surface area contributed by atoms with Crippen molar-refractivity contribution in [1.82, 2.24) is 4.31 Å². The monoisotopic (exact) mass is 286 g/mol. The zero-order valence-electron chi connectivity index (χ0n) is 11.9. The minimum absolute atomic E-state index is 0.205. The van der Waals surface area contributed by atoms with E-state index in [1.807, 2.05) is 13.8 Å². The Balaban J connectivity index is 2.93. The van der Waals surface area contributed by atoms with Crippen LogP contribution in [-0.4, -0.2) is 46.1 Å². The van der Waals surface area contributed by atoms with Crippen molar-refractivity contribution in [3.63, 3.8) is 0 Å². The van der Waals surface area contributed by atoms with E-state index in [-0.39, 0.29) is 6.04 Å². The molecule has 1 aromatic carbocycles. The van der Waals surface area contributed by atoms with Crippen LogP contribution >= 0.6 is 0 Å². The molecule has 0 amide bonds. The second-order valence-electron chi connectivity index (χ2n) is 4.38. The molecule has 0 bridgehead atoms. The third kappa shape index (κ3) is 3.92. The molecular formula is C13H22N2O3S.